The summed E-state index contributed by atoms with van der Waals surface area (Å²) in [5.74, 6) is -1.34. The Morgan fingerprint density at radius 2 is 1.80 bits per heavy atom. The molecule has 1 aliphatic carbocycles. The standard InChI is InChI=1S/C32H33Cl2N3O7S/c1-45(41,42)36-27-11-4-5-12-28(27)37-30(25-14-13-21(33)18-26(25)34)29(23-9-2-3-10-24(23)32(37)40)31(39)35-44-19-20-7-6-8-22(17-20)43-16-15-38/h2-3,6-10,13-15,17-18,27-30,36H,4-5,11-12,16,19H2,1H3,(H,35,39)/t27-,28-,29+,30-/m0/s1. The molecule has 0 radical (unpaired) electrons. The quantitative estimate of drug-likeness (QED) is 0.217. The molecule has 4 atom stereocenters. The first-order valence-corrected chi connectivity index (χ1v) is 17.1. The number of ether oxygens (including phenoxy) is 1. The van der Waals surface area contributed by atoms with Gasteiger partial charge in [0.1, 0.15) is 12.4 Å². The van der Waals surface area contributed by atoms with Gasteiger partial charge in [0.05, 0.1) is 24.8 Å². The van der Waals surface area contributed by atoms with Crippen molar-refractivity contribution in [2.75, 3.05) is 12.9 Å². The maximum absolute atomic E-state index is 14.3. The highest BCUT2D eigenvalue weighted by atomic mass is 35.5. The molecule has 2 N–H and O–H groups in total. The summed E-state index contributed by atoms with van der Waals surface area (Å²) in [4.78, 5) is 46.5. The lowest BCUT2D eigenvalue weighted by Crippen LogP contribution is -2.59. The van der Waals surface area contributed by atoms with Gasteiger partial charge in [-0.1, -0.05) is 72.4 Å². The van der Waals surface area contributed by atoms with Crippen LogP contribution in [-0.2, 0) is 31.1 Å². The number of aldehydes is 1. The highest BCUT2D eigenvalue weighted by molar-refractivity contribution is 7.88. The largest absolute Gasteiger partial charge is 0.486 e. The minimum atomic E-state index is -3.60. The van der Waals surface area contributed by atoms with E-state index in [1.54, 1.807) is 71.6 Å². The number of amides is 2. The summed E-state index contributed by atoms with van der Waals surface area (Å²) < 4.78 is 32.8. The molecule has 0 saturated heterocycles. The summed E-state index contributed by atoms with van der Waals surface area (Å²) in [6.07, 6.45) is 4.35. The Hall–Kier alpha value is -3.48. The molecule has 2 amide bonds. The maximum atomic E-state index is 14.3. The molecule has 5 rings (SSSR count). The van der Waals surface area contributed by atoms with Crippen LogP contribution in [0.4, 0.5) is 0 Å². The first kappa shape index (κ1) is 32.9. The number of nitrogens with one attached hydrogen (secondary N) is 2. The van der Waals surface area contributed by atoms with E-state index in [1.165, 1.54) is 0 Å². The SMILES string of the molecule is CS(=O)(=O)N[C@H]1CCCC[C@@H]1N1C(=O)c2ccccc2[C@@H](C(=O)NOCc2cccc(OCC=O)c2)[C@@H]1c1ccc(Cl)cc1Cl. The van der Waals surface area contributed by atoms with Gasteiger partial charge in [0.15, 0.2) is 6.29 Å². The highest BCUT2D eigenvalue weighted by Gasteiger charge is 2.49. The smallest absolute Gasteiger partial charge is 0.255 e. The fourth-order valence-electron chi connectivity index (χ4n) is 6.24. The first-order chi connectivity index (χ1) is 21.6. The van der Waals surface area contributed by atoms with Crippen molar-refractivity contribution in [3.63, 3.8) is 0 Å². The van der Waals surface area contributed by atoms with Crippen LogP contribution in [0.5, 0.6) is 5.75 Å². The molecule has 1 fully saturated rings. The molecule has 3 aromatic rings. The number of hydrogen-bond donors (Lipinski definition) is 2. The zero-order valence-electron chi connectivity index (χ0n) is 24.4. The molecule has 10 nitrogen and oxygen atoms in total. The van der Waals surface area contributed by atoms with E-state index in [4.69, 9.17) is 32.8 Å². The van der Waals surface area contributed by atoms with Crippen LogP contribution in [0.3, 0.4) is 0 Å². The van der Waals surface area contributed by atoms with Crippen LogP contribution in [0.1, 0.15) is 64.7 Å². The zero-order valence-corrected chi connectivity index (χ0v) is 26.8. The van der Waals surface area contributed by atoms with E-state index in [9.17, 15) is 22.8 Å². The van der Waals surface area contributed by atoms with Crippen LogP contribution in [0, 0.1) is 0 Å². The monoisotopic (exact) mass is 673 g/mol. The number of hydrogen-bond acceptors (Lipinski definition) is 7. The number of sulfonamides is 1. The van der Waals surface area contributed by atoms with Crippen molar-refractivity contribution >= 4 is 51.3 Å². The summed E-state index contributed by atoms with van der Waals surface area (Å²) in [6, 6.07) is 16.6. The number of nitrogens with zero attached hydrogens (tertiary/aromatic N) is 1. The second-order valence-corrected chi connectivity index (χ2v) is 13.7. The van der Waals surface area contributed by atoms with E-state index in [1.807, 2.05) is 0 Å². The lowest BCUT2D eigenvalue weighted by molar-refractivity contribution is -0.138. The zero-order chi connectivity index (χ0) is 32.1. The van der Waals surface area contributed by atoms with Crippen LogP contribution in [0.2, 0.25) is 10.0 Å². The van der Waals surface area contributed by atoms with Gasteiger partial charge in [0, 0.05) is 27.7 Å². The second-order valence-electron chi connectivity index (χ2n) is 11.1. The van der Waals surface area contributed by atoms with Crippen molar-refractivity contribution in [3.05, 3.63) is 99.0 Å². The molecule has 0 unspecified atom stereocenters. The number of halogens is 2. The normalized spacial score (nSPS) is 21.6. The number of carbonyl (C=O) groups excluding carboxylic acids is 3. The van der Waals surface area contributed by atoms with Crippen molar-refractivity contribution in [3.8, 4) is 5.75 Å². The van der Waals surface area contributed by atoms with E-state index < -0.39 is 40.0 Å². The Balaban J connectivity index is 1.53. The Morgan fingerprint density at radius 1 is 1.02 bits per heavy atom. The molecular weight excluding hydrogens is 641 g/mol. The summed E-state index contributed by atoms with van der Waals surface area (Å²) in [6.45, 7) is -0.0933. The summed E-state index contributed by atoms with van der Waals surface area (Å²) in [7, 11) is -3.60. The van der Waals surface area contributed by atoms with E-state index in [0.717, 1.165) is 19.1 Å². The van der Waals surface area contributed by atoms with Crippen LogP contribution >= 0.6 is 23.2 Å². The number of carbonyl (C=O) groups is 3. The van der Waals surface area contributed by atoms with Crippen LogP contribution in [0.15, 0.2) is 66.7 Å². The lowest BCUT2D eigenvalue weighted by Gasteiger charge is -2.49. The van der Waals surface area contributed by atoms with E-state index in [-0.39, 0.29) is 24.1 Å². The highest BCUT2D eigenvalue weighted by Crippen LogP contribution is 2.47. The van der Waals surface area contributed by atoms with Gasteiger partial charge in [0.2, 0.25) is 10.0 Å². The summed E-state index contributed by atoms with van der Waals surface area (Å²) in [5, 5.41) is 0.648. The fraction of sp³-hybridized carbons (Fsp3) is 0.344. The third-order valence-corrected chi connectivity index (χ3v) is 9.31. The Labute approximate surface area is 272 Å². The topological polar surface area (TPSA) is 131 Å². The number of fused-ring (bicyclic) bond motifs is 1. The number of hydroxylamine groups is 1. The Bertz CT molecular complexity index is 1690. The van der Waals surface area contributed by atoms with E-state index in [0.29, 0.717) is 52.2 Å². The van der Waals surface area contributed by atoms with Gasteiger partial charge in [-0.3, -0.25) is 19.2 Å². The Kier molecular flexibility index (Phi) is 10.5. The van der Waals surface area contributed by atoms with Crippen molar-refractivity contribution in [1.82, 2.24) is 15.1 Å². The second kappa shape index (κ2) is 14.3. The van der Waals surface area contributed by atoms with Crippen molar-refractivity contribution in [2.45, 2.75) is 56.3 Å². The minimum absolute atomic E-state index is 0.00358. The van der Waals surface area contributed by atoms with Gasteiger partial charge in [-0.05, 0) is 59.9 Å². The molecule has 1 saturated carbocycles. The van der Waals surface area contributed by atoms with Gasteiger partial charge in [-0.15, -0.1) is 0 Å². The molecule has 13 heteroatoms. The van der Waals surface area contributed by atoms with Crippen LogP contribution in [-0.4, -0.2) is 56.4 Å². The predicted molar refractivity (Wildman–Crippen MR) is 170 cm³/mol. The third kappa shape index (κ3) is 7.67. The summed E-state index contributed by atoms with van der Waals surface area (Å²) in [5.41, 5.74) is 4.58. The van der Waals surface area contributed by atoms with Gasteiger partial charge in [-0.25, -0.2) is 18.6 Å². The molecule has 1 heterocycles. The molecule has 2 aliphatic rings. The molecule has 0 bridgehead atoms. The molecule has 0 spiro atoms. The van der Waals surface area contributed by atoms with Gasteiger partial charge >= 0.3 is 0 Å². The first-order valence-electron chi connectivity index (χ1n) is 14.5. The van der Waals surface area contributed by atoms with Crippen LogP contribution < -0.4 is 14.9 Å². The predicted octanol–water partition coefficient (Wildman–Crippen LogP) is 4.96. The average molecular weight is 675 g/mol. The van der Waals surface area contributed by atoms with Gasteiger partial charge < -0.3 is 9.64 Å². The molecule has 238 valence electrons. The van der Waals surface area contributed by atoms with Gasteiger partial charge in [0.25, 0.3) is 11.8 Å². The van der Waals surface area contributed by atoms with E-state index in [2.05, 4.69) is 10.2 Å². The van der Waals surface area contributed by atoms with Crippen molar-refractivity contribution in [2.24, 2.45) is 0 Å². The Morgan fingerprint density at radius 3 is 2.56 bits per heavy atom. The number of rotatable bonds is 11. The average Bonchev–Trinajstić information content (AvgIpc) is 3.00. The fourth-order valence-corrected chi connectivity index (χ4v) is 7.58. The lowest BCUT2D eigenvalue weighted by atomic mass is 9.76. The van der Waals surface area contributed by atoms with E-state index >= 15 is 0 Å². The molecule has 45 heavy (non-hydrogen) atoms. The van der Waals surface area contributed by atoms with Crippen molar-refractivity contribution in [1.29, 1.82) is 0 Å². The molecule has 1 aliphatic heterocycles. The maximum Gasteiger partial charge on any atom is 0.255 e. The third-order valence-electron chi connectivity index (χ3n) is 8.02. The molecule has 3 aromatic carbocycles. The molecule has 0 aromatic heterocycles. The summed E-state index contributed by atoms with van der Waals surface area (Å²) >= 11 is 13.0. The number of benzene rings is 3. The minimum Gasteiger partial charge on any atom is -0.486 e. The van der Waals surface area contributed by atoms with Crippen molar-refractivity contribution < 1.29 is 32.4 Å². The van der Waals surface area contributed by atoms with Crippen LogP contribution in [0.25, 0.3) is 0 Å². The van der Waals surface area contributed by atoms with Gasteiger partial charge in [-0.2, -0.15) is 0 Å². The molecular formula is C32H33Cl2N3O7S.